The molecule has 0 radical (unpaired) electrons. The summed E-state index contributed by atoms with van der Waals surface area (Å²) in [6.07, 6.45) is 0. The van der Waals surface area contributed by atoms with Crippen LogP contribution in [0.2, 0.25) is 0 Å². The van der Waals surface area contributed by atoms with Crippen LogP contribution in [0.5, 0.6) is 11.5 Å². The summed E-state index contributed by atoms with van der Waals surface area (Å²) in [5, 5.41) is 25.0. The molecule has 5 heteroatoms. The highest BCUT2D eigenvalue weighted by molar-refractivity contribution is 7.80. The van der Waals surface area contributed by atoms with E-state index in [4.69, 9.17) is 17.3 Å². The quantitative estimate of drug-likeness (QED) is 0.344. The number of hydrogen-bond donors (Lipinski definition) is 4. The molecule has 1 rings (SSSR count). The lowest BCUT2D eigenvalue weighted by atomic mass is 10.1. The van der Waals surface area contributed by atoms with Gasteiger partial charge in [-0.1, -0.05) is 0 Å². The smallest absolute Gasteiger partial charge is 0.171 e. The molecule has 0 unspecified atom stereocenters. The number of aromatic hydroxyl groups is 2. The molecule has 0 spiro atoms. The lowest BCUT2D eigenvalue weighted by Gasteiger charge is -2.23. The molecule has 4 nitrogen and oxygen atoms in total. The van der Waals surface area contributed by atoms with Gasteiger partial charge in [-0.05, 0) is 45.1 Å². The number of benzene rings is 1. The Balaban J connectivity index is 2.70. The molecule has 0 aliphatic carbocycles. The van der Waals surface area contributed by atoms with Crippen LogP contribution in [0.15, 0.2) is 18.2 Å². The second kappa shape index (κ2) is 4.57. The summed E-state index contributed by atoms with van der Waals surface area (Å²) in [5.74, 6) is -0.0317. The Hall–Kier alpha value is -1.49. The van der Waals surface area contributed by atoms with E-state index in [9.17, 15) is 5.11 Å². The molecule has 16 heavy (non-hydrogen) atoms. The number of phenols is 2. The van der Waals surface area contributed by atoms with E-state index < -0.39 is 0 Å². The second-order valence-corrected chi connectivity index (χ2v) is 4.94. The molecule has 0 amide bonds. The summed E-state index contributed by atoms with van der Waals surface area (Å²) >= 11 is 5.08. The van der Waals surface area contributed by atoms with Gasteiger partial charge in [0.25, 0.3) is 0 Å². The van der Waals surface area contributed by atoms with E-state index in [-0.39, 0.29) is 17.0 Å². The fourth-order valence-electron chi connectivity index (χ4n) is 1.12. The molecule has 4 N–H and O–H groups in total. The van der Waals surface area contributed by atoms with Crippen LogP contribution in [0.4, 0.5) is 5.69 Å². The number of nitrogens with one attached hydrogen (secondary N) is 2. The fraction of sp³-hybridized carbons (Fsp3) is 0.364. The largest absolute Gasteiger partial charge is 0.508 e. The Kier molecular flexibility index (Phi) is 3.59. The molecule has 0 bridgehead atoms. The van der Waals surface area contributed by atoms with Crippen molar-refractivity contribution in [1.82, 2.24) is 5.32 Å². The molecule has 88 valence electrons. The zero-order valence-corrected chi connectivity index (χ0v) is 10.4. The van der Waals surface area contributed by atoms with Gasteiger partial charge >= 0.3 is 0 Å². The van der Waals surface area contributed by atoms with Crippen molar-refractivity contribution < 1.29 is 10.2 Å². The van der Waals surface area contributed by atoms with E-state index in [1.165, 1.54) is 12.1 Å². The minimum Gasteiger partial charge on any atom is -0.508 e. The van der Waals surface area contributed by atoms with Crippen LogP contribution in [-0.2, 0) is 0 Å². The zero-order chi connectivity index (χ0) is 12.3. The van der Waals surface area contributed by atoms with Crippen LogP contribution in [-0.4, -0.2) is 20.9 Å². The molecule has 1 aromatic rings. The van der Waals surface area contributed by atoms with E-state index in [1.807, 2.05) is 20.8 Å². The predicted octanol–water partition coefficient (Wildman–Crippen LogP) is 2.18. The van der Waals surface area contributed by atoms with Gasteiger partial charge in [-0.25, -0.2) is 0 Å². The Morgan fingerprint density at radius 3 is 2.38 bits per heavy atom. The van der Waals surface area contributed by atoms with E-state index in [0.29, 0.717) is 10.8 Å². The van der Waals surface area contributed by atoms with E-state index in [0.717, 1.165) is 0 Å². The molecule has 0 aliphatic heterocycles. The summed E-state index contributed by atoms with van der Waals surface area (Å²) in [6, 6.07) is 4.28. The van der Waals surface area contributed by atoms with Gasteiger partial charge in [0.15, 0.2) is 5.11 Å². The summed E-state index contributed by atoms with van der Waals surface area (Å²) in [4.78, 5) is 0. The Labute approximate surface area is 100 Å². The van der Waals surface area contributed by atoms with Gasteiger partial charge in [-0.3, -0.25) is 0 Å². The molecule has 0 aliphatic rings. The van der Waals surface area contributed by atoms with Crippen molar-refractivity contribution >= 4 is 23.0 Å². The monoisotopic (exact) mass is 240 g/mol. The molecule has 1 aromatic carbocycles. The standard InChI is InChI=1S/C11H16N2O2S/c1-11(2,3)13-10(16)12-8-5-4-7(14)6-9(8)15/h4-6,14-15H,1-3H3,(H2,12,13,16). The number of anilines is 1. The predicted molar refractivity (Wildman–Crippen MR) is 68.9 cm³/mol. The number of thiocarbonyl (C=S) groups is 1. The Morgan fingerprint density at radius 2 is 1.88 bits per heavy atom. The van der Waals surface area contributed by atoms with Crippen molar-refractivity contribution in [1.29, 1.82) is 0 Å². The number of rotatable bonds is 1. The molecule has 0 saturated heterocycles. The van der Waals surface area contributed by atoms with Crippen LogP contribution in [0.25, 0.3) is 0 Å². The average Bonchev–Trinajstić information content (AvgIpc) is 2.06. The lowest BCUT2D eigenvalue weighted by Crippen LogP contribution is -2.42. The third kappa shape index (κ3) is 3.94. The highest BCUT2D eigenvalue weighted by atomic mass is 32.1. The van der Waals surface area contributed by atoms with Crippen LogP contribution < -0.4 is 10.6 Å². The normalized spacial score (nSPS) is 10.9. The SMILES string of the molecule is CC(C)(C)NC(=S)Nc1ccc(O)cc1O. The Bertz CT molecular complexity index is 399. The minimum absolute atomic E-state index is 0.0118. The first-order valence-electron chi connectivity index (χ1n) is 4.89. The first kappa shape index (κ1) is 12.6. The second-order valence-electron chi connectivity index (χ2n) is 4.53. The van der Waals surface area contributed by atoms with Gasteiger partial charge < -0.3 is 20.8 Å². The van der Waals surface area contributed by atoms with Crippen molar-refractivity contribution in [3.8, 4) is 11.5 Å². The van der Waals surface area contributed by atoms with Gasteiger partial charge in [0.2, 0.25) is 0 Å². The topological polar surface area (TPSA) is 64.5 Å². The fourth-order valence-corrected chi connectivity index (χ4v) is 1.54. The molecular formula is C11H16N2O2S. The van der Waals surface area contributed by atoms with E-state index >= 15 is 0 Å². The maximum atomic E-state index is 9.53. The van der Waals surface area contributed by atoms with Gasteiger partial charge in [0.05, 0.1) is 5.69 Å². The first-order chi connectivity index (χ1) is 7.28. The minimum atomic E-state index is -0.142. The summed E-state index contributed by atoms with van der Waals surface area (Å²) in [7, 11) is 0. The van der Waals surface area contributed by atoms with E-state index in [1.54, 1.807) is 6.07 Å². The summed E-state index contributed by atoms with van der Waals surface area (Å²) < 4.78 is 0. The zero-order valence-electron chi connectivity index (χ0n) is 9.53. The third-order valence-electron chi connectivity index (χ3n) is 1.72. The first-order valence-corrected chi connectivity index (χ1v) is 5.30. The van der Waals surface area contributed by atoms with Crippen molar-refractivity contribution in [3.05, 3.63) is 18.2 Å². The van der Waals surface area contributed by atoms with E-state index in [2.05, 4.69) is 10.6 Å². The van der Waals surface area contributed by atoms with Gasteiger partial charge in [0, 0.05) is 11.6 Å². The lowest BCUT2D eigenvalue weighted by molar-refractivity contribution is 0.452. The van der Waals surface area contributed by atoms with Crippen LogP contribution in [0.1, 0.15) is 20.8 Å². The van der Waals surface area contributed by atoms with Crippen LogP contribution in [0.3, 0.4) is 0 Å². The number of hydrogen-bond acceptors (Lipinski definition) is 3. The third-order valence-corrected chi connectivity index (χ3v) is 1.92. The molecule has 0 saturated carbocycles. The van der Waals surface area contributed by atoms with Crippen molar-refractivity contribution in [2.45, 2.75) is 26.3 Å². The molecule has 0 atom stereocenters. The van der Waals surface area contributed by atoms with Crippen molar-refractivity contribution in [2.24, 2.45) is 0 Å². The molecule has 0 aromatic heterocycles. The maximum absolute atomic E-state index is 9.53. The molecular weight excluding hydrogens is 224 g/mol. The van der Waals surface area contributed by atoms with Crippen molar-refractivity contribution in [3.63, 3.8) is 0 Å². The highest BCUT2D eigenvalue weighted by Crippen LogP contribution is 2.27. The Morgan fingerprint density at radius 1 is 1.25 bits per heavy atom. The summed E-state index contributed by atoms with van der Waals surface area (Å²) in [5.41, 5.74) is 0.316. The van der Waals surface area contributed by atoms with Crippen LogP contribution >= 0.6 is 12.2 Å². The van der Waals surface area contributed by atoms with Crippen molar-refractivity contribution in [2.75, 3.05) is 5.32 Å². The molecule has 0 fully saturated rings. The van der Waals surface area contributed by atoms with Gasteiger partial charge in [-0.2, -0.15) is 0 Å². The molecule has 0 heterocycles. The highest BCUT2D eigenvalue weighted by Gasteiger charge is 2.12. The van der Waals surface area contributed by atoms with Gasteiger partial charge in [0.1, 0.15) is 11.5 Å². The average molecular weight is 240 g/mol. The van der Waals surface area contributed by atoms with Crippen LogP contribution in [0, 0.1) is 0 Å². The maximum Gasteiger partial charge on any atom is 0.171 e. The summed E-state index contributed by atoms with van der Waals surface area (Å²) in [6.45, 7) is 5.95. The number of phenolic OH excluding ortho intramolecular Hbond substituents is 2. The van der Waals surface area contributed by atoms with Gasteiger partial charge in [-0.15, -0.1) is 0 Å².